The van der Waals surface area contributed by atoms with Crippen LogP contribution in [0.3, 0.4) is 0 Å². The second-order valence-electron chi connectivity index (χ2n) is 10.7. The molecule has 1 saturated heterocycles. The number of likely N-dealkylation sites (tertiary alicyclic amines) is 1. The van der Waals surface area contributed by atoms with Crippen molar-refractivity contribution in [2.75, 3.05) is 18.4 Å². The second kappa shape index (κ2) is 10.6. The first-order valence-corrected chi connectivity index (χ1v) is 12.7. The monoisotopic (exact) mass is 541 g/mol. The van der Waals surface area contributed by atoms with Gasteiger partial charge in [0.1, 0.15) is 11.7 Å². The van der Waals surface area contributed by atoms with Crippen LogP contribution in [-0.2, 0) is 10.9 Å². The van der Waals surface area contributed by atoms with Crippen molar-refractivity contribution in [3.05, 3.63) is 58.7 Å². The summed E-state index contributed by atoms with van der Waals surface area (Å²) in [4.78, 5) is 32.3. The lowest BCUT2D eigenvalue weighted by Gasteiger charge is -2.29. The van der Waals surface area contributed by atoms with E-state index in [0.29, 0.717) is 29.6 Å². The number of aryl methyl sites for hydroxylation is 1. The number of ether oxygens (including phenoxy) is 1. The molecule has 4 rings (SSSR count). The molecule has 39 heavy (non-hydrogen) atoms. The highest BCUT2D eigenvalue weighted by molar-refractivity contribution is 6.04. The van der Waals surface area contributed by atoms with Gasteiger partial charge in [-0.15, -0.1) is 0 Å². The number of aromatic nitrogens is 2. The maximum atomic E-state index is 13.2. The van der Waals surface area contributed by atoms with Crippen LogP contribution in [-0.4, -0.2) is 45.1 Å². The summed E-state index contributed by atoms with van der Waals surface area (Å²) in [6.07, 6.45) is -2.95. The molecule has 1 atom stereocenters. The predicted octanol–water partition coefficient (Wildman–Crippen LogP) is 6.45. The number of carbonyl (C=O) groups is 2. The van der Waals surface area contributed by atoms with Gasteiger partial charge < -0.3 is 14.2 Å². The fourth-order valence-corrected chi connectivity index (χ4v) is 4.73. The van der Waals surface area contributed by atoms with Crippen LogP contribution in [0.4, 0.5) is 23.9 Å². The van der Waals surface area contributed by atoms with Gasteiger partial charge in [-0.25, -0.2) is 9.78 Å². The van der Waals surface area contributed by atoms with Crippen molar-refractivity contribution < 1.29 is 27.5 Å². The van der Waals surface area contributed by atoms with Crippen molar-refractivity contribution in [2.24, 2.45) is 0 Å². The van der Waals surface area contributed by atoms with Crippen LogP contribution in [0.25, 0.3) is 11.0 Å². The number of alkyl halides is 3. The first kappa shape index (κ1) is 28.0. The molecule has 0 bridgehead atoms. The molecule has 1 aliphatic heterocycles. The molecule has 1 aromatic heterocycles. The number of halogens is 3. The third kappa shape index (κ3) is 6.33. The van der Waals surface area contributed by atoms with Crippen LogP contribution in [0.15, 0.2) is 36.4 Å². The molecule has 206 valence electrons. The van der Waals surface area contributed by atoms with Crippen molar-refractivity contribution in [1.29, 1.82) is 5.26 Å². The van der Waals surface area contributed by atoms with Gasteiger partial charge in [0.05, 0.1) is 28.2 Å². The van der Waals surface area contributed by atoms with E-state index in [1.165, 1.54) is 12.1 Å². The van der Waals surface area contributed by atoms with E-state index in [1.54, 1.807) is 42.4 Å². The lowest BCUT2D eigenvalue weighted by atomic mass is 10.1. The van der Waals surface area contributed by atoms with Gasteiger partial charge >= 0.3 is 12.3 Å². The summed E-state index contributed by atoms with van der Waals surface area (Å²) >= 11 is 0. The van der Waals surface area contributed by atoms with Crippen LogP contribution >= 0.6 is 0 Å². The number of hydrogen-bond acceptors (Lipinski definition) is 5. The normalized spacial score (nSPS) is 16.5. The molecule has 1 unspecified atom stereocenters. The van der Waals surface area contributed by atoms with E-state index in [9.17, 15) is 28.0 Å². The van der Waals surface area contributed by atoms with E-state index in [0.717, 1.165) is 30.5 Å². The fourth-order valence-electron chi connectivity index (χ4n) is 4.73. The average Bonchev–Trinajstić information content (AvgIpc) is 3.02. The standard InChI is InChI=1S/C28H30F3N5O3/c1-17-12-19(15-32)23-22(13-17)33-25(34-24(37)18-8-7-9-20(14-18)28(29,30)31)36(23)21-10-5-6-11-35(16-21)26(38)39-27(2,3)4/h7-9,12-14,21H,5-6,10-11,16H2,1-4H3,(H,33,34,37). The number of rotatable bonds is 3. The molecule has 2 heterocycles. The molecule has 1 fully saturated rings. The predicted molar refractivity (Wildman–Crippen MR) is 139 cm³/mol. The zero-order chi connectivity index (χ0) is 28.5. The Labute approximate surface area is 224 Å². The Morgan fingerprint density at radius 3 is 2.56 bits per heavy atom. The number of fused-ring (bicyclic) bond motifs is 1. The number of imidazole rings is 1. The molecule has 0 radical (unpaired) electrons. The van der Waals surface area contributed by atoms with Gasteiger partial charge in [0.15, 0.2) is 0 Å². The second-order valence-corrected chi connectivity index (χ2v) is 10.7. The number of amides is 2. The highest BCUT2D eigenvalue weighted by Crippen LogP contribution is 2.34. The number of nitriles is 1. The van der Waals surface area contributed by atoms with Gasteiger partial charge in [0.25, 0.3) is 5.91 Å². The quantitative estimate of drug-likeness (QED) is 0.411. The largest absolute Gasteiger partial charge is 0.444 e. The topological polar surface area (TPSA) is 100 Å². The summed E-state index contributed by atoms with van der Waals surface area (Å²) in [6, 6.07) is 9.43. The summed E-state index contributed by atoms with van der Waals surface area (Å²) in [7, 11) is 0. The maximum absolute atomic E-state index is 13.2. The Kier molecular flexibility index (Phi) is 7.59. The molecule has 2 amide bonds. The molecule has 11 heteroatoms. The molecule has 1 aliphatic rings. The fraction of sp³-hybridized carbons (Fsp3) is 0.429. The van der Waals surface area contributed by atoms with Crippen molar-refractivity contribution in [3.8, 4) is 6.07 Å². The van der Waals surface area contributed by atoms with Gasteiger partial charge in [-0.1, -0.05) is 6.07 Å². The summed E-state index contributed by atoms with van der Waals surface area (Å²) in [5.41, 5.74) is 0.258. The van der Waals surface area contributed by atoms with Crippen LogP contribution in [0, 0.1) is 18.3 Å². The van der Waals surface area contributed by atoms with Crippen LogP contribution in [0.5, 0.6) is 0 Å². The SMILES string of the molecule is Cc1cc(C#N)c2c(c1)nc(NC(=O)c1cccc(C(F)(F)F)c1)n2C1CCCCN(C(=O)OC(C)(C)C)C1. The highest BCUT2D eigenvalue weighted by atomic mass is 19.4. The third-order valence-corrected chi connectivity index (χ3v) is 6.39. The van der Waals surface area contributed by atoms with Crippen molar-refractivity contribution in [1.82, 2.24) is 14.5 Å². The molecule has 0 aliphatic carbocycles. The number of anilines is 1. The number of carbonyl (C=O) groups excluding carboxylic acids is 2. The van der Waals surface area contributed by atoms with E-state index in [-0.39, 0.29) is 24.1 Å². The van der Waals surface area contributed by atoms with Gasteiger partial charge in [-0.2, -0.15) is 18.4 Å². The molecule has 3 aromatic rings. The minimum atomic E-state index is -4.60. The van der Waals surface area contributed by atoms with Crippen LogP contribution < -0.4 is 5.32 Å². The van der Waals surface area contributed by atoms with Crippen LogP contribution in [0.1, 0.15) is 73.1 Å². The van der Waals surface area contributed by atoms with Gasteiger partial charge in [0, 0.05) is 18.7 Å². The van der Waals surface area contributed by atoms with Crippen molar-refractivity contribution in [3.63, 3.8) is 0 Å². The Balaban J connectivity index is 1.77. The lowest BCUT2D eigenvalue weighted by molar-refractivity contribution is -0.137. The Morgan fingerprint density at radius 2 is 1.90 bits per heavy atom. The third-order valence-electron chi connectivity index (χ3n) is 6.39. The van der Waals surface area contributed by atoms with E-state index in [1.807, 2.05) is 6.92 Å². The Hall–Kier alpha value is -4.07. The van der Waals surface area contributed by atoms with E-state index >= 15 is 0 Å². The zero-order valence-electron chi connectivity index (χ0n) is 22.2. The molecule has 0 spiro atoms. The first-order chi connectivity index (χ1) is 18.3. The van der Waals surface area contributed by atoms with Crippen LogP contribution in [0.2, 0.25) is 0 Å². The summed E-state index contributed by atoms with van der Waals surface area (Å²) in [5, 5.41) is 12.6. The van der Waals surface area contributed by atoms with Crippen molar-refractivity contribution >= 4 is 29.0 Å². The molecule has 2 aromatic carbocycles. The van der Waals surface area contributed by atoms with Gasteiger partial charge in [-0.3, -0.25) is 10.1 Å². The Bertz CT molecular complexity index is 1450. The van der Waals surface area contributed by atoms with E-state index < -0.39 is 29.3 Å². The maximum Gasteiger partial charge on any atom is 0.416 e. The summed E-state index contributed by atoms with van der Waals surface area (Å²) in [5.74, 6) is -0.684. The van der Waals surface area contributed by atoms with Crippen molar-refractivity contribution in [2.45, 2.75) is 64.8 Å². The number of nitrogens with one attached hydrogen (secondary N) is 1. The summed E-state index contributed by atoms with van der Waals surface area (Å²) < 4.78 is 47.1. The number of hydrogen-bond donors (Lipinski definition) is 1. The minimum Gasteiger partial charge on any atom is -0.444 e. The highest BCUT2D eigenvalue weighted by Gasteiger charge is 2.32. The summed E-state index contributed by atoms with van der Waals surface area (Å²) in [6.45, 7) is 7.89. The molecule has 0 saturated carbocycles. The van der Waals surface area contributed by atoms with Gasteiger partial charge in [-0.05, 0) is 82.9 Å². The van der Waals surface area contributed by atoms with E-state index in [4.69, 9.17) is 4.74 Å². The first-order valence-electron chi connectivity index (χ1n) is 12.7. The molecule has 8 nitrogen and oxygen atoms in total. The smallest absolute Gasteiger partial charge is 0.416 e. The molecular formula is C28H30F3N5O3. The molecule has 1 N–H and O–H groups in total. The molecular weight excluding hydrogens is 511 g/mol. The lowest BCUT2D eigenvalue weighted by Crippen LogP contribution is -2.39. The van der Waals surface area contributed by atoms with E-state index in [2.05, 4.69) is 16.4 Å². The minimum absolute atomic E-state index is 0.0885. The number of nitrogens with zero attached hydrogens (tertiary/aromatic N) is 4. The average molecular weight is 542 g/mol. The zero-order valence-corrected chi connectivity index (χ0v) is 22.2. The number of benzene rings is 2. The Morgan fingerprint density at radius 1 is 1.15 bits per heavy atom. The van der Waals surface area contributed by atoms with Gasteiger partial charge in [0.2, 0.25) is 5.95 Å².